The molecular weight excluding hydrogens is 390 g/mol. The number of esters is 1. The van der Waals surface area contributed by atoms with Crippen molar-refractivity contribution in [3.05, 3.63) is 23.8 Å². The first kappa shape index (κ1) is 19.7. The van der Waals surface area contributed by atoms with Crippen molar-refractivity contribution in [2.75, 3.05) is 17.2 Å². The van der Waals surface area contributed by atoms with Crippen LogP contribution >= 0.6 is 11.8 Å². The minimum atomic E-state index is -3.43. The topological polar surface area (TPSA) is 105 Å². The summed E-state index contributed by atoms with van der Waals surface area (Å²) in [4.78, 5) is 27.0. The summed E-state index contributed by atoms with van der Waals surface area (Å²) in [5, 5.41) is 3.15. The first-order valence-corrected chi connectivity index (χ1v) is 10.8. The van der Waals surface area contributed by atoms with Crippen molar-refractivity contribution in [1.82, 2.24) is 5.32 Å². The summed E-state index contributed by atoms with van der Waals surface area (Å²) in [6, 6.07) is 4.96. The van der Waals surface area contributed by atoms with E-state index in [-0.39, 0.29) is 11.7 Å². The third kappa shape index (κ3) is 4.44. The number of nitrogens with zero attached hydrogens (tertiary/aromatic N) is 2. The normalized spacial score (nSPS) is 18.8. The van der Waals surface area contributed by atoms with E-state index in [4.69, 9.17) is 4.74 Å². The van der Waals surface area contributed by atoms with Crippen LogP contribution in [0.3, 0.4) is 0 Å². The Morgan fingerprint density at radius 3 is 2.70 bits per heavy atom. The molecule has 1 amide bonds. The van der Waals surface area contributed by atoms with Crippen LogP contribution in [0.5, 0.6) is 0 Å². The molecule has 1 atom stereocenters. The summed E-state index contributed by atoms with van der Waals surface area (Å²) >= 11 is 1.20. The van der Waals surface area contributed by atoms with Gasteiger partial charge in [-0.05, 0) is 57.7 Å². The molecule has 2 heterocycles. The molecular formula is C17H21N3O5S2. The van der Waals surface area contributed by atoms with Gasteiger partial charge in [-0.1, -0.05) is 0 Å². The fraction of sp³-hybridized carbons (Fsp3) is 0.471. The highest BCUT2D eigenvalue weighted by molar-refractivity contribution is 8.15. The van der Waals surface area contributed by atoms with Crippen LogP contribution in [0.4, 0.5) is 5.69 Å². The van der Waals surface area contributed by atoms with Crippen molar-refractivity contribution in [1.29, 1.82) is 0 Å². The van der Waals surface area contributed by atoms with Gasteiger partial charge in [-0.2, -0.15) is 0 Å². The van der Waals surface area contributed by atoms with Crippen molar-refractivity contribution in [3.63, 3.8) is 0 Å². The van der Waals surface area contributed by atoms with Crippen LogP contribution in [0.15, 0.2) is 27.5 Å². The number of anilines is 1. The molecule has 0 radical (unpaired) electrons. The second-order valence-electron chi connectivity index (χ2n) is 7.38. The van der Waals surface area contributed by atoms with Gasteiger partial charge in [0.1, 0.15) is 0 Å². The van der Waals surface area contributed by atoms with Gasteiger partial charge < -0.3 is 15.0 Å². The molecule has 0 fully saturated rings. The van der Waals surface area contributed by atoms with Crippen molar-refractivity contribution in [2.24, 2.45) is 4.40 Å². The number of benzene rings is 1. The average molecular weight is 412 g/mol. The maximum absolute atomic E-state index is 12.4. The predicted octanol–water partition coefficient (Wildman–Crippen LogP) is 1.76. The lowest BCUT2D eigenvalue weighted by Crippen LogP contribution is -2.46. The van der Waals surface area contributed by atoms with Crippen molar-refractivity contribution >= 4 is 44.5 Å². The number of carbonyl (C=O) groups excluding carboxylic acids is 2. The van der Waals surface area contributed by atoms with E-state index in [9.17, 15) is 18.0 Å². The largest absolute Gasteiger partial charge is 0.449 e. The van der Waals surface area contributed by atoms with E-state index in [0.717, 1.165) is 10.6 Å². The molecule has 0 unspecified atom stereocenters. The van der Waals surface area contributed by atoms with E-state index in [1.54, 1.807) is 18.2 Å². The second kappa shape index (κ2) is 6.83. The highest BCUT2D eigenvalue weighted by Gasteiger charge is 2.33. The average Bonchev–Trinajstić information content (AvgIpc) is 2.87. The number of sulfonamides is 1. The molecule has 0 aromatic heterocycles. The van der Waals surface area contributed by atoms with Crippen molar-refractivity contribution < 1.29 is 22.7 Å². The van der Waals surface area contributed by atoms with E-state index < -0.39 is 27.6 Å². The lowest BCUT2D eigenvalue weighted by molar-refractivity contribution is -0.130. The number of fused-ring (bicyclic) bond motifs is 3. The summed E-state index contributed by atoms with van der Waals surface area (Å²) in [6.07, 6.45) is -0.932. The molecule has 1 N–H and O–H groups in total. The Balaban J connectivity index is 1.74. The first-order valence-electron chi connectivity index (χ1n) is 8.40. The van der Waals surface area contributed by atoms with Crippen LogP contribution in [-0.4, -0.2) is 49.4 Å². The van der Waals surface area contributed by atoms with Crippen LogP contribution in [-0.2, 0) is 19.6 Å². The Bertz CT molecular complexity index is 934. The van der Waals surface area contributed by atoms with Gasteiger partial charge in [0.05, 0.1) is 17.0 Å². The summed E-state index contributed by atoms with van der Waals surface area (Å²) in [6.45, 7) is 7.37. The third-order valence-corrected chi connectivity index (χ3v) is 6.17. The Hall–Kier alpha value is -2.07. The van der Waals surface area contributed by atoms with Crippen molar-refractivity contribution in [3.8, 4) is 0 Å². The fourth-order valence-corrected chi connectivity index (χ4v) is 4.91. The van der Waals surface area contributed by atoms with Gasteiger partial charge in [0.25, 0.3) is 15.9 Å². The smallest absolute Gasteiger partial charge is 0.338 e. The van der Waals surface area contributed by atoms with Gasteiger partial charge in [-0.25, -0.2) is 13.2 Å². The highest BCUT2D eigenvalue weighted by atomic mass is 32.2. The molecule has 3 rings (SSSR count). The lowest BCUT2D eigenvalue weighted by atomic mass is 10.1. The maximum atomic E-state index is 12.4. The molecule has 0 bridgehead atoms. The lowest BCUT2D eigenvalue weighted by Gasteiger charge is -2.23. The fourth-order valence-electron chi connectivity index (χ4n) is 2.61. The van der Waals surface area contributed by atoms with E-state index in [1.807, 2.05) is 25.7 Å². The molecule has 0 saturated heterocycles. The summed E-state index contributed by atoms with van der Waals surface area (Å²) < 4.78 is 32.4. The first-order chi connectivity index (χ1) is 12.5. The van der Waals surface area contributed by atoms with Gasteiger partial charge in [0.2, 0.25) is 0 Å². The summed E-state index contributed by atoms with van der Waals surface area (Å²) in [7, 11) is -3.43. The molecule has 10 heteroatoms. The molecule has 8 nitrogen and oxygen atoms in total. The minimum Gasteiger partial charge on any atom is -0.449 e. The van der Waals surface area contributed by atoms with Crippen LogP contribution in [0, 0.1) is 0 Å². The van der Waals surface area contributed by atoms with Crippen LogP contribution in [0.2, 0.25) is 0 Å². The van der Waals surface area contributed by atoms with E-state index in [0.29, 0.717) is 17.3 Å². The van der Waals surface area contributed by atoms with Gasteiger partial charge >= 0.3 is 5.97 Å². The Morgan fingerprint density at radius 2 is 2.04 bits per heavy atom. The highest BCUT2D eigenvalue weighted by Crippen LogP contribution is 2.42. The zero-order valence-electron chi connectivity index (χ0n) is 15.5. The number of amides is 1. The second-order valence-corrected chi connectivity index (χ2v) is 10.1. The number of carbonyl (C=O) groups is 2. The SMILES string of the molecule is C[C@H](OC(=O)c1ccc2c(c1)SC1=NS(=O)(=O)CCN12)C(=O)NC(C)(C)C. The van der Waals surface area contributed by atoms with E-state index in [1.165, 1.54) is 18.7 Å². The van der Waals surface area contributed by atoms with E-state index >= 15 is 0 Å². The molecule has 146 valence electrons. The molecule has 27 heavy (non-hydrogen) atoms. The predicted molar refractivity (Wildman–Crippen MR) is 104 cm³/mol. The molecule has 0 spiro atoms. The zero-order chi connectivity index (χ0) is 20.0. The molecule has 1 aromatic carbocycles. The maximum Gasteiger partial charge on any atom is 0.338 e. The minimum absolute atomic E-state index is 0.0410. The van der Waals surface area contributed by atoms with Crippen LogP contribution in [0.25, 0.3) is 0 Å². The number of ether oxygens (including phenoxy) is 1. The Kier molecular flexibility index (Phi) is 4.98. The van der Waals surface area contributed by atoms with Gasteiger partial charge in [0, 0.05) is 17.0 Å². The number of nitrogens with one attached hydrogen (secondary N) is 1. The number of hydrogen-bond donors (Lipinski definition) is 1. The number of thioether (sulfide) groups is 1. The van der Waals surface area contributed by atoms with Gasteiger partial charge in [0.15, 0.2) is 11.3 Å². The quantitative estimate of drug-likeness (QED) is 0.756. The molecule has 2 aliphatic heterocycles. The molecule has 0 saturated carbocycles. The van der Waals surface area contributed by atoms with Gasteiger partial charge in [-0.3, -0.25) is 4.79 Å². The molecule has 0 aliphatic carbocycles. The number of hydrogen-bond acceptors (Lipinski definition) is 7. The monoisotopic (exact) mass is 411 g/mol. The standard InChI is InChI=1S/C17H21N3O5S2/c1-10(14(21)18-17(2,3)4)25-15(22)11-5-6-12-13(9-11)26-16-19-27(23,24)8-7-20(12)16/h5-6,9-10H,7-8H2,1-4H3,(H,18,21)/t10-/m0/s1. The third-order valence-electron chi connectivity index (χ3n) is 3.86. The molecule has 1 aromatic rings. The number of amidine groups is 1. The summed E-state index contributed by atoms with van der Waals surface area (Å²) in [5.41, 5.74) is 0.678. The summed E-state index contributed by atoms with van der Waals surface area (Å²) in [5.74, 6) is -1.03. The van der Waals surface area contributed by atoms with E-state index in [2.05, 4.69) is 9.71 Å². The Labute approximate surface area is 162 Å². The Morgan fingerprint density at radius 1 is 1.33 bits per heavy atom. The van der Waals surface area contributed by atoms with Crippen molar-refractivity contribution in [2.45, 2.75) is 44.2 Å². The van der Waals surface area contributed by atoms with Gasteiger partial charge in [-0.15, -0.1) is 4.40 Å². The van der Waals surface area contributed by atoms with Crippen LogP contribution in [0.1, 0.15) is 38.1 Å². The molecule has 2 aliphatic rings. The zero-order valence-corrected chi connectivity index (χ0v) is 17.1. The number of rotatable bonds is 3. The van der Waals surface area contributed by atoms with Crippen LogP contribution < -0.4 is 10.2 Å².